The predicted molar refractivity (Wildman–Crippen MR) is 138 cm³/mol. The number of nitrogens with one attached hydrogen (secondary N) is 1. The fourth-order valence-electron chi connectivity index (χ4n) is 4.55. The number of ether oxygens (including phenoxy) is 3. The maximum Gasteiger partial charge on any atom is 0.302 e. The molecule has 9 heteroatoms. The van der Waals surface area contributed by atoms with E-state index in [1.54, 1.807) is 82.0 Å². The third kappa shape index (κ3) is 4.04. The number of aliphatic hydroxyl groups excluding tert-OH is 1. The summed E-state index contributed by atoms with van der Waals surface area (Å²) in [6.07, 6.45) is 0. The van der Waals surface area contributed by atoms with Crippen LogP contribution in [-0.4, -0.2) is 48.1 Å². The van der Waals surface area contributed by atoms with Crippen LogP contribution in [-0.2, 0) is 9.59 Å². The number of Topliss-reactive ketones (excluding diaryl/α,β-unsaturated/α-hetero) is 1. The number of aromatic amines is 1. The summed E-state index contributed by atoms with van der Waals surface area (Å²) in [4.78, 5) is 35.8. The van der Waals surface area contributed by atoms with Crippen LogP contribution >= 0.6 is 0 Å². The molecule has 9 nitrogen and oxygen atoms in total. The number of hydrogen-bond donors (Lipinski definition) is 2. The van der Waals surface area contributed by atoms with E-state index in [9.17, 15) is 14.7 Å². The third-order valence-electron chi connectivity index (χ3n) is 6.45. The second-order valence-electron chi connectivity index (χ2n) is 8.57. The third-order valence-corrected chi connectivity index (χ3v) is 6.45. The fourth-order valence-corrected chi connectivity index (χ4v) is 4.55. The van der Waals surface area contributed by atoms with Gasteiger partial charge >= 0.3 is 5.91 Å². The average Bonchev–Trinajstić information content (AvgIpc) is 3.45. The van der Waals surface area contributed by atoms with E-state index >= 15 is 0 Å². The number of methoxy groups -OCH3 is 3. The van der Waals surface area contributed by atoms with Gasteiger partial charge in [-0.05, 0) is 60.5 Å². The number of hydrogen-bond acceptors (Lipinski definition) is 7. The summed E-state index contributed by atoms with van der Waals surface area (Å²) in [5.41, 5.74) is 2.95. The van der Waals surface area contributed by atoms with Crippen molar-refractivity contribution in [3.63, 3.8) is 0 Å². The number of rotatable bonds is 6. The van der Waals surface area contributed by atoms with Crippen molar-refractivity contribution in [1.29, 1.82) is 0 Å². The van der Waals surface area contributed by atoms with Crippen LogP contribution in [0.1, 0.15) is 22.7 Å². The number of anilines is 1. The molecular formula is C28H25N3O6. The van der Waals surface area contributed by atoms with Gasteiger partial charge in [-0.3, -0.25) is 14.5 Å². The van der Waals surface area contributed by atoms with Crippen LogP contribution < -0.4 is 19.1 Å². The van der Waals surface area contributed by atoms with Crippen molar-refractivity contribution in [2.24, 2.45) is 0 Å². The molecule has 0 saturated carbocycles. The Labute approximate surface area is 212 Å². The van der Waals surface area contributed by atoms with Gasteiger partial charge in [-0.25, -0.2) is 4.98 Å². The van der Waals surface area contributed by atoms with E-state index in [0.717, 1.165) is 5.56 Å². The Bertz CT molecular complexity index is 1550. The quantitative estimate of drug-likeness (QED) is 0.228. The predicted octanol–water partition coefficient (Wildman–Crippen LogP) is 4.52. The minimum absolute atomic E-state index is 0.0437. The molecule has 1 amide bonds. The second-order valence-corrected chi connectivity index (χ2v) is 8.57. The van der Waals surface area contributed by atoms with E-state index < -0.39 is 17.7 Å². The van der Waals surface area contributed by atoms with Crippen LogP contribution in [0.2, 0.25) is 0 Å². The van der Waals surface area contributed by atoms with Crippen LogP contribution in [0.15, 0.2) is 66.2 Å². The molecule has 5 rings (SSSR count). The largest absolute Gasteiger partial charge is 0.507 e. The maximum atomic E-state index is 13.4. The number of aryl methyl sites for hydroxylation is 1. The summed E-state index contributed by atoms with van der Waals surface area (Å²) in [7, 11) is 4.66. The standard InChI is InChI=1S/C28H25N3O6/c1-15-13-17(7-12-22(15)37-4)25(32)23-24(16-5-8-18(35-2)9-6-16)31(27(34)26(23)33)28-29-20-11-10-19(36-3)14-21(20)30-28/h5-14,24,32H,1-4H3,(H,29,30)/b25-23+. The Morgan fingerprint density at radius 1 is 0.919 bits per heavy atom. The van der Waals surface area contributed by atoms with E-state index in [2.05, 4.69) is 9.97 Å². The highest BCUT2D eigenvalue weighted by atomic mass is 16.5. The molecule has 2 heterocycles. The average molecular weight is 500 g/mol. The molecule has 188 valence electrons. The zero-order valence-electron chi connectivity index (χ0n) is 20.7. The van der Waals surface area contributed by atoms with E-state index in [1.807, 2.05) is 6.92 Å². The van der Waals surface area contributed by atoms with Gasteiger partial charge in [-0.15, -0.1) is 0 Å². The first-order valence-electron chi connectivity index (χ1n) is 11.5. The van der Waals surface area contributed by atoms with Gasteiger partial charge < -0.3 is 24.3 Å². The number of amides is 1. The molecule has 0 aliphatic carbocycles. The Morgan fingerprint density at radius 2 is 1.62 bits per heavy atom. The summed E-state index contributed by atoms with van der Waals surface area (Å²) < 4.78 is 15.9. The Hall–Kier alpha value is -4.79. The van der Waals surface area contributed by atoms with Crippen molar-refractivity contribution in [3.05, 3.63) is 82.9 Å². The monoisotopic (exact) mass is 499 g/mol. The lowest BCUT2D eigenvalue weighted by atomic mass is 9.95. The molecule has 1 saturated heterocycles. The van der Waals surface area contributed by atoms with Gasteiger partial charge in [0.2, 0.25) is 5.95 Å². The van der Waals surface area contributed by atoms with Gasteiger partial charge in [0.05, 0.1) is 44.0 Å². The van der Waals surface area contributed by atoms with Gasteiger partial charge in [0, 0.05) is 11.6 Å². The smallest absolute Gasteiger partial charge is 0.302 e. The lowest BCUT2D eigenvalue weighted by molar-refractivity contribution is -0.132. The van der Waals surface area contributed by atoms with E-state index in [1.165, 1.54) is 4.90 Å². The molecule has 3 aromatic carbocycles. The Kier molecular flexibility index (Phi) is 6.04. The Morgan fingerprint density at radius 3 is 2.27 bits per heavy atom. The van der Waals surface area contributed by atoms with Crippen LogP contribution in [0.25, 0.3) is 16.8 Å². The number of ketones is 1. The number of aromatic nitrogens is 2. The van der Waals surface area contributed by atoms with Gasteiger partial charge in [-0.1, -0.05) is 12.1 Å². The van der Waals surface area contributed by atoms with Crippen molar-refractivity contribution in [3.8, 4) is 17.2 Å². The van der Waals surface area contributed by atoms with Gasteiger partial charge in [0.1, 0.15) is 23.0 Å². The van der Waals surface area contributed by atoms with Crippen LogP contribution in [0.5, 0.6) is 17.2 Å². The number of nitrogens with zero attached hydrogens (tertiary/aromatic N) is 2. The second kappa shape index (κ2) is 9.34. The summed E-state index contributed by atoms with van der Waals surface area (Å²) in [5.74, 6) is 0.139. The van der Waals surface area contributed by atoms with Crippen LogP contribution in [0.4, 0.5) is 5.95 Å². The minimum Gasteiger partial charge on any atom is -0.507 e. The summed E-state index contributed by atoms with van der Waals surface area (Å²) in [6.45, 7) is 1.83. The first kappa shape index (κ1) is 23.9. The molecule has 1 aliphatic rings. The number of benzene rings is 3. The molecular weight excluding hydrogens is 474 g/mol. The van der Waals surface area contributed by atoms with E-state index in [0.29, 0.717) is 39.4 Å². The molecule has 1 aliphatic heterocycles. The van der Waals surface area contributed by atoms with Gasteiger partial charge in [-0.2, -0.15) is 0 Å². The first-order chi connectivity index (χ1) is 17.9. The summed E-state index contributed by atoms with van der Waals surface area (Å²) in [5, 5.41) is 11.4. The molecule has 1 atom stereocenters. The van der Waals surface area contributed by atoms with Gasteiger partial charge in [0.25, 0.3) is 5.78 Å². The molecule has 1 aromatic heterocycles. The zero-order chi connectivity index (χ0) is 26.3. The number of carbonyl (C=O) groups is 2. The van der Waals surface area contributed by atoms with Crippen molar-refractivity contribution in [2.45, 2.75) is 13.0 Å². The zero-order valence-corrected chi connectivity index (χ0v) is 20.7. The highest BCUT2D eigenvalue weighted by Gasteiger charge is 2.48. The fraction of sp³-hybridized carbons (Fsp3) is 0.179. The molecule has 2 N–H and O–H groups in total. The first-order valence-corrected chi connectivity index (χ1v) is 11.5. The highest BCUT2D eigenvalue weighted by Crippen LogP contribution is 2.42. The molecule has 37 heavy (non-hydrogen) atoms. The maximum absolute atomic E-state index is 13.4. The number of aliphatic hydroxyl groups is 1. The number of carbonyl (C=O) groups excluding carboxylic acids is 2. The number of fused-ring (bicyclic) bond motifs is 1. The SMILES string of the molecule is COc1ccc(C2/C(=C(\O)c3ccc(OC)c(C)c3)C(=O)C(=O)N2c2nc3ccc(OC)cc3[nH]2)cc1. The van der Waals surface area contributed by atoms with Crippen molar-refractivity contribution < 1.29 is 28.9 Å². The molecule has 1 unspecified atom stereocenters. The van der Waals surface area contributed by atoms with Crippen molar-refractivity contribution in [1.82, 2.24) is 9.97 Å². The lowest BCUT2D eigenvalue weighted by Gasteiger charge is -2.23. The van der Waals surface area contributed by atoms with Crippen molar-refractivity contribution in [2.75, 3.05) is 26.2 Å². The van der Waals surface area contributed by atoms with Gasteiger partial charge in [0.15, 0.2) is 0 Å². The van der Waals surface area contributed by atoms with E-state index in [4.69, 9.17) is 14.2 Å². The van der Waals surface area contributed by atoms with E-state index in [-0.39, 0.29) is 17.3 Å². The topological polar surface area (TPSA) is 114 Å². The molecule has 0 bridgehead atoms. The normalized spacial score (nSPS) is 16.9. The van der Waals surface area contributed by atoms with Crippen molar-refractivity contribution >= 4 is 34.4 Å². The Balaban J connectivity index is 1.70. The summed E-state index contributed by atoms with van der Waals surface area (Å²) >= 11 is 0. The molecule has 0 spiro atoms. The number of imidazole rings is 1. The summed E-state index contributed by atoms with van der Waals surface area (Å²) in [6, 6.07) is 16.4. The molecule has 4 aromatic rings. The number of H-pyrrole nitrogens is 1. The lowest BCUT2D eigenvalue weighted by Crippen LogP contribution is -2.30. The molecule has 0 radical (unpaired) electrons. The van der Waals surface area contributed by atoms with Crippen LogP contribution in [0, 0.1) is 6.92 Å². The van der Waals surface area contributed by atoms with Crippen LogP contribution in [0.3, 0.4) is 0 Å². The minimum atomic E-state index is -0.934. The molecule has 1 fully saturated rings. The highest BCUT2D eigenvalue weighted by molar-refractivity contribution is 6.51.